The van der Waals surface area contributed by atoms with Gasteiger partial charge in [-0.25, -0.2) is 0 Å². The minimum absolute atomic E-state index is 0.206. The molecule has 0 aliphatic heterocycles. The fourth-order valence-corrected chi connectivity index (χ4v) is 2.49. The van der Waals surface area contributed by atoms with Crippen LogP contribution in [0.5, 0.6) is 29.0 Å². The van der Waals surface area contributed by atoms with Gasteiger partial charge < -0.3 is 14.2 Å². The van der Waals surface area contributed by atoms with Gasteiger partial charge in [-0.15, -0.1) is 0 Å². The first-order valence-corrected chi connectivity index (χ1v) is 8.57. The molecule has 0 fully saturated rings. The summed E-state index contributed by atoms with van der Waals surface area (Å²) in [5.41, 5.74) is 0.658. The summed E-state index contributed by atoms with van der Waals surface area (Å²) in [6, 6.07) is 14.1. The fourth-order valence-electron chi connectivity index (χ4n) is 2.49. The Bertz CT molecular complexity index is 974. The van der Waals surface area contributed by atoms with Gasteiger partial charge in [-0.2, -0.15) is 9.97 Å². The van der Waals surface area contributed by atoms with E-state index < -0.39 is 10.6 Å². The third-order valence-electron chi connectivity index (χ3n) is 3.97. The second-order valence-corrected chi connectivity index (χ2v) is 6.17. The van der Waals surface area contributed by atoms with Crippen molar-refractivity contribution in [1.82, 2.24) is 9.97 Å². The Hall–Kier alpha value is -3.68. The Morgan fingerprint density at radius 3 is 2.11 bits per heavy atom. The highest BCUT2D eigenvalue weighted by molar-refractivity contribution is 5.53. The van der Waals surface area contributed by atoms with E-state index in [2.05, 4.69) is 23.8 Å². The van der Waals surface area contributed by atoms with E-state index in [0.717, 1.165) is 11.9 Å². The van der Waals surface area contributed by atoms with Crippen LogP contribution in [0.1, 0.15) is 25.3 Å². The predicted octanol–water partition coefficient (Wildman–Crippen LogP) is 5.10. The van der Waals surface area contributed by atoms with Crippen molar-refractivity contribution in [3.63, 3.8) is 0 Å². The molecule has 0 bridgehead atoms. The third kappa shape index (κ3) is 4.17. The highest BCUT2D eigenvalue weighted by atomic mass is 16.6. The Kier molecular flexibility index (Phi) is 5.69. The van der Waals surface area contributed by atoms with E-state index >= 15 is 0 Å². The molecular formula is C20H19N3O5. The van der Waals surface area contributed by atoms with E-state index in [-0.39, 0.29) is 11.8 Å². The van der Waals surface area contributed by atoms with Gasteiger partial charge in [0.25, 0.3) is 0 Å². The lowest BCUT2D eigenvalue weighted by molar-refractivity contribution is -0.387. The molecule has 0 unspecified atom stereocenters. The van der Waals surface area contributed by atoms with Gasteiger partial charge >= 0.3 is 17.4 Å². The van der Waals surface area contributed by atoms with Crippen LogP contribution in [-0.4, -0.2) is 22.0 Å². The van der Waals surface area contributed by atoms with Gasteiger partial charge in [0, 0.05) is 0 Å². The summed E-state index contributed by atoms with van der Waals surface area (Å²) in [6.45, 7) is 4.15. The lowest BCUT2D eigenvalue weighted by Crippen LogP contribution is -2.01. The molecule has 144 valence electrons. The largest absolute Gasteiger partial charge is 0.493 e. The van der Waals surface area contributed by atoms with Crippen LogP contribution < -0.4 is 14.2 Å². The Morgan fingerprint density at radius 1 is 0.929 bits per heavy atom. The van der Waals surface area contributed by atoms with Gasteiger partial charge in [0.05, 0.1) is 12.0 Å². The monoisotopic (exact) mass is 381 g/mol. The zero-order chi connectivity index (χ0) is 20.1. The maximum absolute atomic E-state index is 11.7. The molecule has 3 rings (SSSR count). The first-order valence-electron chi connectivity index (χ1n) is 8.57. The van der Waals surface area contributed by atoms with Crippen LogP contribution in [-0.2, 0) is 0 Å². The molecule has 0 amide bonds. The van der Waals surface area contributed by atoms with Crippen molar-refractivity contribution in [1.29, 1.82) is 0 Å². The molecule has 0 atom stereocenters. The minimum atomic E-state index is -0.636. The molecule has 2 aromatic carbocycles. The molecule has 1 heterocycles. The molecule has 0 saturated heterocycles. The highest BCUT2D eigenvalue weighted by Crippen LogP contribution is 2.39. The smallest absolute Gasteiger partial charge is 0.393 e. The zero-order valence-electron chi connectivity index (χ0n) is 15.7. The number of hydrogen-bond acceptors (Lipinski definition) is 7. The molecule has 0 N–H and O–H groups in total. The quantitative estimate of drug-likeness (QED) is 0.415. The third-order valence-corrected chi connectivity index (χ3v) is 3.97. The fraction of sp³-hybridized carbons (Fsp3) is 0.200. The van der Waals surface area contributed by atoms with Crippen molar-refractivity contribution < 1.29 is 19.1 Å². The van der Waals surface area contributed by atoms with Gasteiger partial charge in [0.15, 0.2) is 11.5 Å². The summed E-state index contributed by atoms with van der Waals surface area (Å²) >= 11 is 0. The molecule has 8 nitrogen and oxygen atoms in total. The zero-order valence-corrected chi connectivity index (χ0v) is 15.7. The van der Waals surface area contributed by atoms with Gasteiger partial charge in [0.1, 0.15) is 12.1 Å². The SMILES string of the molecule is COc1ccccc1Oc1ncnc(Oc2ccc(C(C)C)cc2)c1[N+](=O)[O-]. The average Bonchev–Trinajstić information content (AvgIpc) is 2.68. The summed E-state index contributed by atoms with van der Waals surface area (Å²) in [5.74, 6) is 1.06. The number of rotatable bonds is 7. The highest BCUT2D eigenvalue weighted by Gasteiger charge is 2.27. The van der Waals surface area contributed by atoms with Crippen molar-refractivity contribution in [2.75, 3.05) is 7.11 Å². The van der Waals surface area contributed by atoms with Crippen molar-refractivity contribution in [2.45, 2.75) is 19.8 Å². The van der Waals surface area contributed by atoms with Gasteiger partial charge in [0.2, 0.25) is 0 Å². The lowest BCUT2D eigenvalue weighted by Gasteiger charge is -2.11. The summed E-state index contributed by atoms with van der Waals surface area (Å²) in [5, 5.41) is 11.7. The normalized spacial score (nSPS) is 10.6. The van der Waals surface area contributed by atoms with Crippen LogP contribution in [0.25, 0.3) is 0 Å². The second-order valence-electron chi connectivity index (χ2n) is 6.17. The number of aromatic nitrogens is 2. The Balaban J connectivity index is 1.94. The van der Waals surface area contributed by atoms with Crippen LogP contribution >= 0.6 is 0 Å². The molecule has 0 spiro atoms. The first-order chi connectivity index (χ1) is 13.5. The number of benzene rings is 2. The van der Waals surface area contributed by atoms with E-state index in [1.54, 1.807) is 36.4 Å². The van der Waals surface area contributed by atoms with Gasteiger partial charge in [-0.1, -0.05) is 38.1 Å². The second kappa shape index (κ2) is 8.34. The molecular weight excluding hydrogens is 362 g/mol. The number of para-hydroxylation sites is 2. The minimum Gasteiger partial charge on any atom is -0.493 e. The van der Waals surface area contributed by atoms with E-state index in [9.17, 15) is 10.1 Å². The Labute approximate surface area is 161 Å². The van der Waals surface area contributed by atoms with Crippen LogP contribution in [0.2, 0.25) is 0 Å². The lowest BCUT2D eigenvalue weighted by atomic mass is 10.0. The van der Waals surface area contributed by atoms with E-state index in [1.165, 1.54) is 7.11 Å². The van der Waals surface area contributed by atoms with E-state index in [0.29, 0.717) is 23.2 Å². The van der Waals surface area contributed by atoms with Gasteiger partial charge in [-0.05, 0) is 35.7 Å². The van der Waals surface area contributed by atoms with E-state index in [4.69, 9.17) is 14.2 Å². The summed E-state index contributed by atoms with van der Waals surface area (Å²) in [7, 11) is 1.48. The van der Waals surface area contributed by atoms with Crippen molar-refractivity contribution in [2.24, 2.45) is 0 Å². The van der Waals surface area contributed by atoms with Crippen LogP contribution in [0.3, 0.4) is 0 Å². The number of methoxy groups -OCH3 is 1. The van der Waals surface area contributed by atoms with Crippen LogP contribution in [0, 0.1) is 10.1 Å². The van der Waals surface area contributed by atoms with Crippen LogP contribution in [0.15, 0.2) is 54.9 Å². The standard InChI is InChI=1S/C20H19N3O5/c1-13(2)14-8-10-15(11-9-14)27-19-18(23(24)25)20(22-12-21-19)28-17-7-5-4-6-16(17)26-3/h4-13H,1-3H3. The summed E-state index contributed by atoms with van der Waals surface area (Å²) in [4.78, 5) is 18.8. The number of nitro groups is 1. The number of hydrogen-bond donors (Lipinski definition) is 0. The van der Waals surface area contributed by atoms with Crippen molar-refractivity contribution in [3.8, 4) is 29.0 Å². The van der Waals surface area contributed by atoms with Crippen LogP contribution in [0.4, 0.5) is 5.69 Å². The maximum Gasteiger partial charge on any atom is 0.393 e. The molecule has 3 aromatic rings. The van der Waals surface area contributed by atoms with Crippen molar-refractivity contribution >= 4 is 5.69 Å². The summed E-state index contributed by atoms with van der Waals surface area (Å²) in [6.07, 6.45) is 1.15. The maximum atomic E-state index is 11.7. The van der Waals surface area contributed by atoms with Crippen molar-refractivity contribution in [3.05, 3.63) is 70.5 Å². The molecule has 0 radical (unpaired) electrons. The van der Waals surface area contributed by atoms with Gasteiger partial charge in [-0.3, -0.25) is 10.1 Å². The topological polar surface area (TPSA) is 96.6 Å². The molecule has 0 aliphatic rings. The number of nitrogens with zero attached hydrogens (tertiary/aromatic N) is 3. The predicted molar refractivity (Wildman–Crippen MR) is 102 cm³/mol. The molecule has 8 heteroatoms. The summed E-state index contributed by atoms with van der Waals surface area (Å²) < 4.78 is 16.5. The number of ether oxygens (including phenoxy) is 3. The molecule has 0 aliphatic carbocycles. The average molecular weight is 381 g/mol. The Morgan fingerprint density at radius 2 is 1.54 bits per heavy atom. The molecule has 0 saturated carbocycles. The molecule has 1 aromatic heterocycles. The first kappa shape index (κ1) is 19.1. The van der Waals surface area contributed by atoms with E-state index in [1.807, 2.05) is 12.1 Å². The molecule has 28 heavy (non-hydrogen) atoms.